The molecule has 3 nitrogen and oxygen atoms in total. The Morgan fingerprint density at radius 2 is 2.28 bits per heavy atom. The van der Waals surface area contributed by atoms with E-state index in [0.717, 1.165) is 12.8 Å². The lowest BCUT2D eigenvalue weighted by Gasteiger charge is -2.41. The van der Waals surface area contributed by atoms with Crippen LogP contribution in [0.2, 0.25) is 0 Å². The predicted octanol–water partition coefficient (Wildman–Crippen LogP) is 3.27. The van der Waals surface area contributed by atoms with Gasteiger partial charge in [-0.1, -0.05) is 26.7 Å². The minimum absolute atomic E-state index is 0.0786. The molecule has 4 heteroatoms. The SMILES string of the molecule is CNC1(c2nc(C(C)C)cs2)CCCCC1OC. The number of hydrogen-bond donors (Lipinski definition) is 1. The Morgan fingerprint density at radius 3 is 2.83 bits per heavy atom. The highest BCUT2D eigenvalue weighted by Gasteiger charge is 2.43. The molecule has 0 spiro atoms. The van der Waals surface area contributed by atoms with Crippen molar-refractivity contribution < 1.29 is 4.74 Å². The summed E-state index contributed by atoms with van der Waals surface area (Å²) < 4.78 is 5.73. The molecule has 1 aromatic heterocycles. The van der Waals surface area contributed by atoms with Crippen molar-refractivity contribution in [1.82, 2.24) is 10.3 Å². The van der Waals surface area contributed by atoms with Crippen LogP contribution in [0.3, 0.4) is 0 Å². The number of nitrogens with one attached hydrogen (secondary N) is 1. The van der Waals surface area contributed by atoms with Crippen molar-refractivity contribution >= 4 is 11.3 Å². The molecular weight excluding hydrogens is 244 g/mol. The Kier molecular flexibility index (Phi) is 4.41. The lowest BCUT2D eigenvalue weighted by Crippen LogP contribution is -2.52. The average Bonchev–Trinajstić information content (AvgIpc) is 2.88. The van der Waals surface area contributed by atoms with Gasteiger partial charge in [-0.05, 0) is 25.8 Å². The van der Waals surface area contributed by atoms with Crippen molar-refractivity contribution in [3.05, 3.63) is 16.1 Å². The van der Waals surface area contributed by atoms with Gasteiger partial charge in [0, 0.05) is 12.5 Å². The van der Waals surface area contributed by atoms with E-state index in [1.165, 1.54) is 23.5 Å². The minimum atomic E-state index is -0.0786. The Balaban J connectivity index is 2.34. The Hall–Kier alpha value is -0.450. The summed E-state index contributed by atoms with van der Waals surface area (Å²) in [5.41, 5.74) is 1.12. The average molecular weight is 268 g/mol. The Bertz CT molecular complexity index is 391. The summed E-state index contributed by atoms with van der Waals surface area (Å²) in [6.45, 7) is 4.39. The quantitative estimate of drug-likeness (QED) is 0.910. The van der Waals surface area contributed by atoms with Gasteiger partial charge in [-0.2, -0.15) is 0 Å². The number of thiazole rings is 1. The van der Waals surface area contributed by atoms with Gasteiger partial charge in [0.1, 0.15) is 5.01 Å². The second-order valence-corrected chi connectivity index (χ2v) is 6.28. The summed E-state index contributed by atoms with van der Waals surface area (Å²) in [6.07, 6.45) is 4.98. The fourth-order valence-corrected chi connectivity index (χ4v) is 4.12. The fourth-order valence-electron chi connectivity index (χ4n) is 2.85. The molecule has 0 radical (unpaired) electrons. The maximum Gasteiger partial charge on any atom is 0.116 e. The van der Waals surface area contributed by atoms with Crippen LogP contribution < -0.4 is 5.32 Å². The van der Waals surface area contributed by atoms with Gasteiger partial charge in [0.25, 0.3) is 0 Å². The van der Waals surface area contributed by atoms with Crippen LogP contribution in [0.15, 0.2) is 5.38 Å². The van der Waals surface area contributed by atoms with Crippen molar-refractivity contribution in [1.29, 1.82) is 0 Å². The zero-order chi connectivity index (χ0) is 13.2. The molecule has 1 fully saturated rings. The number of methoxy groups -OCH3 is 1. The van der Waals surface area contributed by atoms with E-state index in [-0.39, 0.29) is 11.6 Å². The molecule has 0 aromatic carbocycles. The maximum atomic E-state index is 5.73. The van der Waals surface area contributed by atoms with Crippen molar-refractivity contribution in [3.63, 3.8) is 0 Å². The third-order valence-electron chi connectivity index (χ3n) is 4.06. The summed E-state index contributed by atoms with van der Waals surface area (Å²) in [6, 6.07) is 0. The van der Waals surface area contributed by atoms with E-state index in [1.54, 1.807) is 11.3 Å². The number of nitrogens with zero attached hydrogens (tertiary/aromatic N) is 1. The van der Waals surface area contributed by atoms with E-state index in [9.17, 15) is 0 Å². The molecule has 0 bridgehead atoms. The smallest absolute Gasteiger partial charge is 0.116 e. The fraction of sp³-hybridized carbons (Fsp3) is 0.786. The molecule has 2 unspecified atom stereocenters. The van der Waals surface area contributed by atoms with Gasteiger partial charge in [-0.15, -0.1) is 11.3 Å². The van der Waals surface area contributed by atoms with E-state index >= 15 is 0 Å². The first-order valence-corrected chi connectivity index (χ1v) is 7.69. The summed E-state index contributed by atoms with van der Waals surface area (Å²) in [4.78, 5) is 4.85. The van der Waals surface area contributed by atoms with Crippen LogP contribution in [-0.2, 0) is 10.3 Å². The number of hydrogen-bond acceptors (Lipinski definition) is 4. The first kappa shape index (κ1) is 14.0. The first-order valence-electron chi connectivity index (χ1n) is 6.81. The molecule has 0 saturated heterocycles. The lowest BCUT2D eigenvalue weighted by molar-refractivity contribution is -0.0120. The number of aromatic nitrogens is 1. The van der Waals surface area contributed by atoms with Gasteiger partial charge in [-0.3, -0.25) is 0 Å². The summed E-state index contributed by atoms with van der Waals surface area (Å²) >= 11 is 1.77. The van der Waals surface area contributed by atoms with Crippen molar-refractivity contribution in [2.45, 2.75) is 57.1 Å². The van der Waals surface area contributed by atoms with Crippen LogP contribution in [0.5, 0.6) is 0 Å². The number of ether oxygens (including phenoxy) is 1. The van der Waals surface area contributed by atoms with Crippen molar-refractivity contribution in [3.8, 4) is 0 Å². The minimum Gasteiger partial charge on any atom is -0.379 e. The summed E-state index contributed by atoms with van der Waals surface area (Å²) in [5.74, 6) is 0.494. The molecule has 2 atom stereocenters. The van der Waals surface area contributed by atoms with Crippen molar-refractivity contribution in [2.75, 3.05) is 14.2 Å². The van der Waals surface area contributed by atoms with Gasteiger partial charge in [0.15, 0.2) is 0 Å². The molecule has 102 valence electrons. The third kappa shape index (κ3) is 2.33. The Morgan fingerprint density at radius 1 is 1.50 bits per heavy atom. The predicted molar refractivity (Wildman–Crippen MR) is 76.2 cm³/mol. The van der Waals surface area contributed by atoms with E-state index in [2.05, 4.69) is 24.5 Å². The van der Waals surface area contributed by atoms with E-state index < -0.39 is 0 Å². The largest absolute Gasteiger partial charge is 0.379 e. The van der Waals surface area contributed by atoms with Gasteiger partial charge in [0.05, 0.1) is 17.3 Å². The maximum absolute atomic E-state index is 5.73. The normalized spacial score (nSPS) is 28.8. The molecule has 1 aliphatic carbocycles. The van der Waals surface area contributed by atoms with Crippen LogP contribution in [0, 0.1) is 0 Å². The molecule has 1 aliphatic rings. The lowest BCUT2D eigenvalue weighted by atomic mass is 9.79. The van der Waals surface area contributed by atoms with Gasteiger partial charge >= 0.3 is 0 Å². The molecule has 0 aliphatic heterocycles. The standard InChI is InChI=1S/C14H24N2OS/c1-10(2)11-9-18-13(16-11)14(15-3)8-6-5-7-12(14)17-4/h9-10,12,15H,5-8H2,1-4H3. The molecular formula is C14H24N2OS. The topological polar surface area (TPSA) is 34.2 Å². The molecule has 1 heterocycles. The van der Waals surface area contributed by atoms with Crippen molar-refractivity contribution in [2.24, 2.45) is 0 Å². The highest BCUT2D eigenvalue weighted by molar-refractivity contribution is 7.09. The van der Waals surface area contributed by atoms with E-state index in [4.69, 9.17) is 9.72 Å². The first-order chi connectivity index (χ1) is 8.64. The molecule has 1 aromatic rings. The van der Waals surface area contributed by atoms with Crippen LogP contribution in [0.25, 0.3) is 0 Å². The van der Waals surface area contributed by atoms with Crippen LogP contribution >= 0.6 is 11.3 Å². The molecule has 18 heavy (non-hydrogen) atoms. The van der Waals surface area contributed by atoms with Gasteiger partial charge < -0.3 is 10.1 Å². The Labute approximate surface area is 114 Å². The highest BCUT2D eigenvalue weighted by atomic mass is 32.1. The number of likely N-dealkylation sites (N-methyl/N-ethyl adjacent to an activating group) is 1. The summed E-state index contributed by atoms with van der Waals surface area (Å²) in [5, 5.41) is 6.90. The molecule has 1 saturated carbocycles. The van der Waals surface area contributed by atoms with E-state index in [0.29, 0.717) is 5.92 Å². The van der Waals surface area contributed by atoms with E-state index in [1.807, 2.05) is 14.2 Å². The molecule has 2 rings (SSSR count). The van der Waals surface area contributed by atoms with Crippen LogP contribution in [0.1, 0.15) is 56.2 Å². The van der Waals surface area contributed by atoms with Gasteiger partial charge in [-0.25, -0.2) is 4.98 Å². The number of rotatable bonds is 4. The zero-order valence-corrected chi connectivity index (χ0v) is 12.6. The third-order valence-corrected chi connectivity index (χ3v) is 5.10. The summed E-state index contributed by atoms with van der Waals surface area (Å²) in [7, 11) is 3.85. The monoisotopic (exact) mass is 268 g/mol. The molecule has 0 amide bonds. The molecule has 1 N–H and O–H groups in total. The van der Waals surface area contributed by atoms with Gasteiger partial charge in [0.2, 0.25) is 0 Å². The zero-order valence-electron chi connectivity index (χ0n) is 11.8. The second kappa shape index (κ2) is 5.68. The van der Waals surface area contributed by atoms with Crippen LogP contribution in [-0.4, -0.2) is 25.2 Å². The second-order valence-electron chi connectivity index (χ2n) is 5.42. The van der Waals surface area contributed by atoms with Crippen LogP contribution in [0.4, 0.5) is 0 Å². The highest BCUT2D eigenvalue weighted by Crippen LogP contribution is 2.40.